The number of amides is 2. The van der Waals surface area contributed by atoms with Crippen molar-refractivity contribution in [3.63, 3.8) is 0 Å². The number of carbonyl (C=O) groups excluding carboxylic acids is 2. The summed E-state index contributed by atoms with van der Waals surface area (Å²) in [6.07, 6.45) is 5.12. The fourth-order valence-corrected chi connectivity index (χ4v) is 2.94. The molecule has 0 radical (unpaired) electrons. The number of aromatic nitrogens is 1. The fourth-order valence-electron chi connectivity index (χ4n) is 2.72. The monoisotopic (exact) mass is 359 g/mol. The van der Waals surface area contributed by atoms with Gasteiger partial charge in [-0.3, -0.25) is 14.6 Å². The number of likely N-dealkylation sites (tertiary alicyclic amines) is 1. The van der Waals surface area contributed by atoms with Crippen molar-refractivity contribution >= 4 is 29.1 Å². The number of rotatable bonds is 4. The lowest BCUT2D eigenvalue weighted by Gasteiger charge is -2.31. The molecule has 1 atom stereocenters. The number of pyridine rings is 1. The third kappa shape index (κ3) is 4.09. The van der Waals surface area contributed by atoms with Gasteiger partial charge in [-0.1, -0.05) is 11.6 Å². The van der Waals surface area contributed by atoms with Crippen LogP contribution in [0.5, 0.6) is 11.5 Å². The lowest BCUT2D eigenvalue weighted by atomic mass is 10.0. The molecule has 25 heavy (non-hydrogen) atoms. The quantitative estimate of drug-likeness (QED) is 0.907. The number of ether oxygens (including phenoxy) is 1. The second kappa shape index (κ2) is 7.53. The van der Waals surface area contributed by atoms with Crippen LogP contribution in [0, 0.1) is 0 Å². The first kappa shape index (κ1) is 17.2. The lowest BCUT2D eigenvalue weighted by Crippen LogP contribution is -2.47. The van der Waals surface area contributed by atoms with Gasteiger partial charge in [-0.15, -0.1) is 0 Å². The number of piperidine rings is 1. The van der Waals surface area contributed by atoms with Crippen LogP contribution in [-0.4, -0.2) is 34.8 Å². The molecule has 1 aromatic carbocycles. The van der Waals surface area contributed by atoms with E-state index in [1.54, 1.807) is 49.8 Å². The highest BCUT2D eigenvalue weighted by atomic mass is 35.5. The largest absolute Gasteiger partial charge is 0.456 e. The molecule has 1 aliphatic rings. The lowest BCUT2D eigenvalue weighted by molar-refractivity contribution is -0.140. The zero-order valence-corrected chi connectivity index (χ0v) is 14.5. The Kier molecular flexibility index (Phi) is 5.19. The van der Waals surface area contributed by atoms with Gasteiger partial charge in [-0.05, 0) is 43.2 Å². The maximum atomic E-state index is 12.4. The van der Waals surface area contributed by atoms with E-state index in [1.165, 1.54) is 4.90 Å². The number of carbonyl (C=O) groups is 2. The predicted molar refractivity (Wildman–Crippen MR) is 94.8 cm³/mol. The van der Waals surface area contributed by atoms with Crippen LogP contribution in [0.2, 0.25) is 5.02 Å². The first-order chi connectivity index (χ1) is 12.0. The Morgan fingerprint density at radius 2 is 2.08 bits per heavy atom. The van der Waals surface area contributed by atoms with E-state index < -0.39 is 6.04 Å². The number of likely N-dealkylation sites (N-methyl/N-ethyl adjacent to an activating group) is 1. The van der Waals surface area contributed by atoms with Crippen molar-refractivity contribution in [2.24, 2.45) is 0 Å². The highest BCUT2D eigenvalue weighted by Crippen LogP contribution is 2.31. The van der Waals surface area contributed by atoms with Crippen LogP contribution in [0.25, 0.3) is 0 Å². The zero-order valence-electron chi connectivity index (χ0n) is 13.7. The van der Waals surface area contributed by atoms with Crippen LogP contribution in [0.15, 0.2) is 42.7 Å². The Bertz CT molecular complexity index is 782. The third-order valence-electron chi connectivity index (χ3n) is 4.11. The summed E-state index contributed by atoms with van der Waals surface area (Å²) >= 11 is 6.24. The highest BCUT2D eigenvalue weighted by Gasteiger charge is 2.30. The first-order valence-electron chi connectivity index (χ1n) is 7.98. The van der Waals surface area contributed by atoms with E-state index >= 15 is 0 Å². The van der Waals surface area contributed by atoms with Gasteiger partial charge >= 0.3 is 0 Å². The molecule has 1 aromatic heterocycles. The minimum atomic E-state index is -0.451. The van der Waals surface area contributed by atoms with E-state index in [2.05, 4.69) is 10.3 Å². The molecule has 1 unspecified atom stereocenters. The van der Waals surface area contributed by atoms with Gasteiger partial charge in [0, 0.05) is 31.5 Å². The van der Waals surface area contributed by atoms with Gasteiger partial charge < -0.3 is 15.0 Å². The molecule has 1 saturated heterocycles. The summed E-state index contributed by atoms with van der Waals surface area (Å²) in [5, 5.41) is 3.19. The van der Waals surface area contributed by atoms with Gasteiger partial charge in [-0.2, -0.15) is 0 Å². The number of hydrogen-bond donors (Lipinski definition) is 1. The molecule has 2 heterocycles. The molecule has 3 rings (SSSR count). The summed E-state index contributed by atoms with van der Waals surface area (Å²) in [4.78, 5) is 29.6. The molecule has 7 heteroatoms. The van der Waals surface area contributed by atoms with Gasteiger partial charge in [0.25, 0.3) is 0 Å². The van der Waals surface area contributed by atoms with Gasteiger partial charge in [0.1, 0.15) is 17.5 Å². The van der Waals surface area contributed by atoms with Crippen molar-refractivity contribution in [1.82, 2.24) is 9.88 Å². The normalized spacial score (nSPS) is 17.3. The smallest absolute Gasteiger partial charge is 0.247 e. The highest BCUT2D eigenvalue weighted by molar-refractivity contribution is 6.32. The van der Waals surface area contributed by atoms with E-state index in [-0.39, 0.29) is 11.8 Å². The van der Waals surface area contributed by atoms with E-state index in [9.17, 15) is 9.59 Å². The van der Waals surface area contributed by atoms with E-state index in [0.717, 1.165) is 6.42 Å². The van der Waals surface area contributed by atoms with Gasteiger partial charge in [0.15, 0.2) is 0 Å². The third-order valence-corrected chi connectivity index (χ3v) is 4.40. The summed E-state index contributed by atoms with van der Waals surface area (Å²) in [7, 11) is 1.66. The minimum Gasteiger partial charge on any atom is -0.456 e. The summed E-state index contributed by atoms with van der Waals surface area (Å²) in [6, 6.07) is 8.02. The fraction of sp³-hybridized carbons (Fsp3) is 0.278. The van der Waals surface area contributed by atoms with E-state index in [0.29, 0.717) is 35.1 Å². The Morgan fingerprint density at radius 3 is 2.80 bits per heavy atom. The number of nitrogens with one attached hydrogen (secondary N) is 1. The predicted octanol–water partition coefficient (Wildman–Crippen LogP) is 3.48. The summed E-state index contributed by atoms with van der Waals surface area (Å²) in [6.45, 7) is 0. The number of benzene rings is 1. The van der Waals surface area contributed by atoms with Crippen LogP contribution >= 0.6 is 11.6 Å². The summed E-state index contributed by atoms with van der Waals surface area (Å²) in [5.74, 6) is 0.881. The van der Waals surface area contributed by atoms with Crippen molar-refractivity contribution in [3.05, 3.63) is 47.7 Å². The number of halogens is 1. The SMILES string of the molecule is CN1C(=O)CCCC1C(=O)Nc1ccc(Oc2ccncc2)c(Cl)c1. The Balaban J connectivity index is 1.68. The molecule has 1 N–H and O–H groups in total. The molecule has 2 aromatic rings. The maximum Gasteiger partial charge on any atom is 0.247 e. The Hall–Kier alpha value is -2.60. The molecule has 1 aliphatic heterocycles. The zero-order chi connectivity index (χ0) is 17.8. The maximum absolute atomic E-state index is 12.4. The summed E-state index contributed by atoms with van der Waals surface area (Å²) < 4.78 is 5.68. The molecular formula is C18H18ClN3O3. The molecule has 0 spiro atoms. The standard InChI is InChI=1S/C18H18ClN3O3/c1-22-15(3-2-4-17(22)23)18(24)21-12-5-6-16(14(19)11-12)25-13-7-9-20-10-8-13/h5-11,15H,2-4H2,1H3,(H,21,24). The molecule has 0 saturated carbocycles. The van der Waals surface area contributed by atoms with E-state index in [4.69, 9.17) is 16.3 Å². The van der Waals surface area contributed by atoms with Crippen LogP contribution in [0.4, 0.5) is 5.69 Å². The second-order valence-corrected chi connectivity index (χ2v) is 6.24. The van der Waals surface area contributed by atoms with Gasteiger partial charge in [-0.25, -0.2) is 0 Å². The van der Waals surface area contributed by atoms with E-state index in [1.807, 2.05) is 0 Å². The minimum absolute atomic E-state index is 0.00877. The van der Waals surface area contributed by atoms with Crippen LogP contribution < -0.4 is 10.1 Å². The van der Waals surface area contributed by atoms with Crippen molar-refractivity contribution in [1.29, 1.82) is 0 Å². The topological polar surface area (TPSA) is 71.5 Å². The van der Waals surface area contributed by atoms with Crippen molar-refractivity contribution in [3.8, 4) is 11.5 Å². The number of nitrogens with zero attached hydrogens (tertiary/aromatic N) is 2. The Labute approximate surface area is 150 Å². The molecule has 130 valence electrons. The molecule has 1 fully saturated rings. The second-order valence-electron chi connectivity index (χ2n) is 5.83. The average Bonchev–Trinajstić information content (AvgIpc) is 2.60. The van der Waals surface area contributed by atoms with Crippen molar-refractivity contribution < 1.29 is 14.3 Å². The van der Waals surface area contributed by atoms with Crippen molar-refractivity contribution in [2.75, 3.05) is 12.4 Å². The Morgan fingerprint density at radius 1 is 1.32 bits per heavy atom. The number of anilines is 1. The number of hydrogen-bond acceptors (Lipinski definition) is 4. The van der Waals surface area contributed by atoms with Crippen molar-refractivity contribution in [2.45, 2.75) is 25.3 Å². The van der Waals surface area contributed by atoms with Crippen LogP contribution in [0.3, 0.4) is 0 Å². The summed E-state index contributed by atoms with van der Waals surface area (Å²) in [5.41, 5.74) is 0.559. The molecule has 2 amide bonds. The average molecular weight is 360 g/mol. The van der Waals surface area contributed by atoms with Crippen LogP contribution in [-0.2, 0) is 9.59 Å². The van der Waals surface area contributed by atoms with Crippen LogP contribution in [0.1, 0.15) is 19.3 Å². The molecule has 6 nitrogen and oxygen atoms in total. The molecule has 0 bridgehead atoms. The van der Waals surface area contributed by atoms with Gasteiger partial charge in [0.2, 0.25) is 11.8 Å². The molecule has 0 aliphatic carbocycles. The first-order valence-corrected chi connectivity index (χ1v) is 8.36. The van der Waals surface area contributed by atoms with Gasteiger partial charge in [0.05, 0.1) is 5.02 Å². The molecular weight excluding hydrogens is 342 g/mol.